The third-order valence-electron chi connectivity index (χ3n) is 4.86. The van der Waals surface area contributed by atoms with E-state index in [9.17, 15) is 0 Å². The molecule has 0 radical (unpaired) electrons. The Hall–Kier alpha value is -2.41. The summed E-state index contributed by atoms with van der Waals surface area (Å²) in [6.07, 6.45) is 15.1. The van der Waals surface area contributed by atoms with Crippen LogP contribution in [0.15, 0.2) is 42.0 Å². The van der Waals surface area contributed by atoms with Gasteiger partial charge in [0.1, 0.15) is 12.1 Å². The molecule has 0 bridgehead atoms. The smallest absolute Gasteiger partial charge is 0.191 e. The normalized spacial score (nSPS) is 15.5. The molecule has 0 spiro atoms. The van der Waals surface area contributed by atoms with Crippen LogP contribution in [-0.2, 0) is 11.3 Å². The average Bonchev–Trinajstić information content (AvgIpc) is 3.28. The second kappa shape index (κ2) is 11.4. The van der Waals surface area contributed by atoms with Gasteiger partial charge in [-0.3, -0.25) is 4.57 Å². The molecule has 0 amide bonds. The molecular formula is C21H32N6O. The summed E-state index contributed by atoms with van der Waals surface area (Å²) < 4.78 is 7.88. The molecule has 2 aromatic heterocycles. The van der Waals surface area contributed by atoms with Gasteiger partial charge >= 0.3 is 0 Å². The Morgan fingerprint density at radius 2 is 2.14 bits per heavy atom. The lowest BCUT2D eigenvalue weighted by molar-refractivity contribution is 0.0277. The van der Waals surface area contributed by atoms with Gasteiger partial charge in [0.15, 0.2) is 5.96 Å². The molecule has 0 aliphatic heterocycles. The van der Waals surface area contributed by atoms with E-state index in [0.717, 1.165) is 43.5 Å². The van der Waals surface area contributed by atoms with Crippen molar-refractivity contribution in [3.05, 3.63) is 42.6 Å². The number of rotatable bonds is 9. The van der Waals surface area contributed by atoms with Gasteiger partial charge in [0.05, 0.1) is 12.6 Å². The number of guanidine groups is 1. The van der Waals surface area contributed by atoms with Crippen LogP contribution in [0.25, 0.3) is 5.82 Å². The minimum absolute atomic E-state index is 0.479. The monoisotopic (exact) mass is 384 g/mol. The molecule has 1 saturated carbocycles. The SMILES string of the molecule is CCNC(=NCc1ccnc(-n2ccnc2)c1)NCCCOC1CCCCC1. The summed E-state index contributed by atoms with van der Waals surface area (Å²) in [5.74, 6) is 1.68. The average molecular weight is 385 g/mol. The molecule has 1 aliphatic rings. The number of hydrogen-bond donors (Lipinski definition) is 2. The van der Waals surface area contributed by atoms with Gasteiger partial charge in [-0.05, 0) is 43.9 Å². The predicted octanol–water partition coefficient (Wildman–Crippen LogP) is 3.06. The first-order chi connectivity index (χ1) is 13.8. The van der Waals surface area contributed by atoms with Crippen molar-refractivity contribution in [2.75, 3.05) is 19.7 Å². The number of aromatic nitrogens is 3. The van der Waals surface area contributed by atoms with E-state index in [4.69, 9.17) is 9.73 Å². The summed E-state index contributed by atoms with van der Waals surface area (Å²) in [5, 5.41) is 6.70. The fraction of sp³-hybridized carbons (Fsp3) is 0.571. The highest BCUT2D eigenvalue weighted by atomic mass is 16.5. The maximum absolute atomic E-state index is 5.99. The standard InChI is InChI=1S/C21H32N6O/c1-2-23-21(25-10-6-14-28-19-7-4-3-5-8-19)26-16-18-9-11-24-20(15-18)27-13-12-22-17-27/h9,11-13,15,17,19H,2-8,10,14,16H2,1H3,(H2,23,25,26). The van der Waals surface area contributed by atoms with Gasteiger partial charge in [0.25, 0.3) is 0 Å². The van der Waals surface area contributed by atoms with Crippen molar-refractivity contribution in [1.29, 1.82) is 0 Å². The largest absolute Gasteiger partial charge is 0.378 e. The minimum Gasteiger partial charge on any atom is -0.378 e. The van der Waals surface area contributed by atoms with E-state index in [2.05, 4.69) is 27.5 Å². The van der Waals surface area contributed by atoms with Crippen LogP contribution in [0, 0.1) is 0 Å². The molecule has 2 aromatic rings. The van der Waals surface area contributed by atoms with Crippen molar-refractivity contribution in [1.82, 2.24) is 25.2 Å². The molecule has 0 aromatic carbocycles. The zero-order valence-electron chi connectivity index (χ0n) is 16.8. The summed E-state index contributed by atoms with van der Waals surface area (Å²) >= 11 is 0. The van der Waals surface area contributed by atoms with Crippen LogP contribution >= 0.6 is 0 Å². The molecule has 0 saturated heterocycles. The van der Waals surface area contributed by atoms with Gasteiger partial charge in [-0.2, -0.15) is 0 Å². The first-order valence-corrected chi connectivity index (χ1v) is 10.4. The van der Waals surface area contributed by atoms with E-state index < -0.39 is 0 Å². The van der Waals surface area contributed by atoms with Crippen molar-refractivity contribution in [3.63, 3.8) is 0 Å². The second-order valence-corrected chi connectivity index (χ2v) is 7.10. The van der Waals surface area contributed by atoms with E-state index in [1.807, 2.05) is 29.1 Å². The van der Waals surface area contributed by atoms with Gasteiger partial charge < -0.3 is 15.4 Å². The third kappa shape index (κ3) is 6.64. The van der Waals surface area contributed by atoms with Crippen LogP contribution in [0.1, 0.15) is 51.0 Å². The topological polar surface area (TPSA) is 76.4 Å². The number of pyridine rings is 1. The molecule has 7 nitrogen and oxygen atoms in total. The highest BCUT2D eigenvalue weighted by Crippen LogP contribution is 2.20. The zero-order valence-corrected chi connectivity index (χ0v) is 16.8. The fourth-order valence-corrected chi connectivity index (χ4v) is 3.37. The maximum atomic E-state index is 5.99. The van der Waals surface area contributed by atoms with Crippen molar-refractivity contribution < 1.29 is 4.74 Å². The lowest BCUT2D eigenvalue weighted by Gasteiger charge is -2.22. The predicted molar refractivity (Wildman–Crippen MR) is 112 cm³/mol. The number of nitrogens with zero attached hydrogens (tertiary/aromatic N) is 4. The highest BCUT2D eigenvalue weighted by Gasteiger charge is 2.12. The molecule has 2 heterocycles. The lowest BCUT2D eigenvalue weighted by atomic mass is 9.98. The van der Waals surface area contributed by atoms with E-state index in [0.29, 0.717) is 12.6 Å². The molecule has 152 valence electrons. The van der Waals surface area contributed by atoms with Crippen molar-refractivity contribution >= 4 is 5.96 Å². The molecule has 28 heavy (non-hydrogen) atoms. The second-order valence-electron chi connectivity index (χ2n) is 7.10. The van der Waals surface area contributed by atoms with Crippen molar-refractivity contribution in [2.24, 2.45) is 4.99 Å². The minimum atomic E-state index is 0.479. The maximum Gasteiger partial charge on any atom is 0.191 e. The van der Waals surface area contributed by atoms with E-state index in [1.54, 1.807) is 12.5 Å². The van der Waals surface area contributed by atoms with Crippen LogP contribution in [0.4, 0.5) is 0 Å². The van der Waals surface area contributed by atoms with Crippen LogP contribution in [-0.4, -0.2) is 46.3 Å². The number of aliphatic imine (C=N–C) groups is 1. The molecular weight excluding hydrogens is 352 g/mol. The summed E-state index contributed by atoms with van der Waals surface area (Å²) in [5.41, 5.74) is 1.11. The molecule has 7 heteroatoms. The van der Waals surface area contributed by atoms with Crippen LogP contribution in [0.3, 0.4) is 0 Å². The van der Waals surface area contributed by atoms with Crippen molar-refractivity contribution in [2.45, 2.75) is 58.1 Å². The highest BCUT2D eigenvalue weighted by molar-refractivity contribution is 5.79. The molecule has 1 aliphatic carbocycles. The Balaban J connectivity index is 1.44. The molecule has 0 unspecified atom stereocenters. The molecule has 1 fully saturated rings. The molecule has 0 atom stereocenters. The Kier molecular flexibility index (Phi) is 8.30. The van der Waals surface area contributed by atoms with E-state index in [1.165, 1.54) is 32.1 Å². The quantitative estimate of drug-likeness (QED) is 0.395. The summed E-state index contributed by atoms with van der Waals surface area (Å²) in [6, 6.07) is 4.03. The first-order valence-electron chi connectivity index (χ1n) is 10.4. The van der Waals surface area contributed by atoms with Gasteiger partial charge in [-0.25, -0.2) is 15.0 Å². The van der Waals surface area contributed by atoms with E-state index in [-0.39, 0.29) is 0 Å². The number of imidazole rings is 1. The summed E-state index contributed by atoms with van der Waals surface area (Å²) in [6.45, 7) is 5.18. The number of nitrogens with one attached hydrogen (secondary N) is 2. The zero-order chi connectivity index (χ0) is 19.4. The lowest BCUT2D eigenvalue weighted by Crippen LogP contribution is -2.38. The molecule has 3 rings (SSSR count). The number of hydrogen-bond acceptors (Lipinski definition) is 4. The van der Waals surface area contributed by atoms with Gasteiger partial charge in [0, 0.05) is 38.3 Å². The molecule has 2 N–H and O–H groups in total. The van der Waals surface area contributed by atoms with Gasteiger partial charge in [-0.1, -0.05) is 19.3 Å². The fourth-order valence-electron chi connectivity index (χ4n) is 3.37. The third-order valence-corrected chi connectivity index (χ3v) is 4.86. The first kappa shape index (κ1) is 20.3. The Labute approximate surface area is 167 Å². The van der Waals surface area contributed by atoms with Crippen LogP contribution in [0.2, 0.25) is 0 Å². The Morgan fingerprint density at radius 3 is 2.93 bits per heavy atom. The van der Waals surface area contributed by atoms with E-state index >= 15 is 0 Å². The summed E-state index contributed by atoms with van der Waals surface area (Å²) in [7, 11) is 0. The summed E-state index contributed by atoms with van der Waals surface area (Å²) in [4.78, 5) is 13.1. The Morgan fingerprint density at radius 1 is 1.25 bits per heavy atom. The Bertz CT molecular complexity index is 709. The van der Waals surface area contributed by atoms with Crippen LogP contribution < -0.4 is 10.6 Å². The van der Waals surface area contributed by atoms with Crippen LogP contribution in [0.5, 0.6) is 0 Å². The number of ether oxygens (including phenoxy) is 1. The van der Waals surface area contributed by atoms with Gasteiger partial charge in [-0.15, -0.1) is 0 Å². The van der Waals surface area contributed by atoms with Crippen molar-refractivity contribution in [3.8, 4) is 5.82 Å². The van der Waals surface area contributed by atoms with Gasteiger partial charge in [0.2, 0.25) is 0 Å².